The molecule has 0 bridgehead atoms. The van der Waals surface area contributed by atoms with Crippen molar-refractivity contribution < 1.29 is 27.5 Å². The molecule has 0 radical (unpaired) electrons. The second-order valence-corrected chi connectivity index (χ2v) is 7.34. The zero-order chi connectivity index (χ0) is 20.7. The van der Waals surface area contributed by atoms with E-state index in [4.69, 9.17) is 15.9 Å². The summed E-state index contributed by atoms with van der Waals surface area (Å²) in [5.74, 6) is -0.784. The molecule has 148 valence electrons. The van der Waals surface area contributed by atoms with Gasteiger partial charge in [-0.3, -0.25) is 10.2 Å². The number of rotatable bonds is 9. The van der Waals surface area contributed by atoms with Crippen molar-refractivity contribution in [3.05, 3.63) is 59.7 Å². The Hall–Kier alpha value is -3.24. The molecule has 28 heavy (non-hydrogen) atoms. The van der Waals surface area contributed by atoms with Crippen LogP contribution in [0.3, 0.4) is 0 Å². The highest BCUT2D eigenvalue weighted by atomic mass is 32.2. The average Bonchev–Trinajstić information content (AvgIpc) is 2.70. The maximum absolute atomic E-state index is 12.3. The predicted molar refractivity (Wildman–Crippen MR) is 101 cm³/mol. The fourth-order valence-corrected chi connectivity index (χ4v) is 3.08. The molecule has 9 nitrogen and oxygen atoms in total. The average molecular weight is 405 g/mol. The smallest absolute Gasteiger partial charge is 0.343 e. The number of methoxy groups -OCH3 is 1. The molecule has 0 aliphatic rings. The van der Waals surface area contributed by atoms with E-state index in [1.165, 1.54) is 55.6 Å². The number of nitrogens with one attached hydrogen (secondary N) is 2. The molecule has 0 heterocycles. The fraction of sp³-hybridized carbons (Fsp3) is 0.167. The highest BCUT2D eigenvalue weighted by molar-refractivity contribution is 7.89. The van der Waals surface area contributed by atoms with Crippen LogP contribution in [0, 0.1) is 5.41 Å². The molecule has 2 rings (SSSR count). The van der Waals surface area contributed by atoms with Crippen molar-refractivity contribution in [2.24, 2.45) is 5.73 Å². The van der Waals surface area contributed by atoms with Gasteiger partial charge in [-0.05, 0) is 48.5 Å². The fourth-order valence-electron chi connectivity index (χ4n) is 2.10. The van der Waals surface area contributed by atoms with Gasteiger partial charge in [-0.2, -0.15) is 0 Å². The van der Waals surface area contributed by atoms with Crippen LogP contribution in [0.25, 0.3) is 0 Å². The second-order valence-electron chi connectivity index (χ2n) is 5.57. The van der Waals surface area contributed by atoms with Crippen LogP contribution in [0.15, 0.2) is 53.4 Å². The molecule has 0 spiro atoms. The number of Topliss-reactive ketones (excluding diaryl/α,β-unsaturated/α-hetero) is 1. The Morgan fingerprint density at radius 3 is 2.14 bits per heavy atom. The molecule has 0 saturated heterocycles. The summed E-state index contributed by atoms with van der Waals surface area (Å²) < 4.78 is 36.4. The van der Waals surface area contributed by atoms with Crippen molar-refractivity contribution in [2.75, 3.05) is 20.3 Å². The summed E-state index contributed by atoms with van der Waals surface area (Å²) in [4.78, 5) is 23.2. The normalized spacial score (nSPS) is 10.9. The van der Waals surface area contributed by atoms with Crippen LogP contribution in [0.2, 0.25) is 0 Å². The summed E-state index contributed by atoms with van der Waals surface area (Å²) in [6.07, 6.45) is 0. The van der Waals surface area contributed by atoms with E-state index in [0.29, 0.717) is 11.3 Å². The zero-order valence-corrected chi connectivity index (χ0v) is 15.8. The molecule has 2 aromatic carbocycles. The van der Waals surface area contributed by atoms with Gasteiger partial charge in [0.1, 0.15) is 11.6 Å². The predicted octanol–water partition coefficient (Wildman–Crippen LogP) is 0.684. The highest BCUT2D eigenvalue weighted by Gasteiger charge is 2.16. The maximum atomic E-state index is 12.3. The van der Waals surface area contributed by atoms with Crippen LogP contribution < -0.4 is 15.2 Å². The SMILES string of the molecule is COC(=O)COc1ccc(C(=O)CNS(=O)(=O)c2ccc(C(=N)N)cc2)cc1. The minimum atomic E-state index is -3.89. The third-order valence-corrected chi connectivity index (χ3v) is 5.08. The summed E-state index contributed by atoms with van der Waals surface area (Å²) >= 11 is 0. The summed E-state index contributed by atoms with van der Waals surface area (Å²) in [5, 5.41) is 7.30. The number of sulfonamides is 1. The monoisotopic (exact) mass is 405 g/mol. The number of hydrogen-bond acceptors (Lipinski definition) is 7. The molecule has 4 N–H and O–H groups in total. The Labute approximate surface area is 162 Å². The summed E-state index contributed by atoms with van der Waals surface area (Å²) in [6.45, 7) is -0.689. The van der Waals surface area contributed by atoms with Gasteiger partial charge in [0.25, 0.3) is 0 Å². The minimum absolute atomic E-state index is 0.0446. The summed E-state index contributed by atoms with van der Waals surface area (Å²) in [7, 11) is -2.65. The number of esters is 1. The van der Waals surface area contributed by atoms with E-state index < -0.39 is 28.3 Å². The van der Waals surface area contributed by atoms with Crippen molar-refractivity contribution in [1.29, 1.82) is 5.41 Å². The first kappa shape index (κ1) is 21.1. The Morgan fingerprint density at radius 2 is 1.61 bits per heavy atom. The number of carbonyl (C=O) groups is 2. The van der Waals surface area contributed by atoms with Gasteiger partial charge in [0.05, 0.1) is 18.6 Å². The molecule has 0 aliphatic heterocycles. The van der Waals surface area contributed by atoms with Gasteiger partial charge in [0.2, 0.25) is 10.0 Å². The first-order valence-corrected chi connectivity index (χ1v) is 9.48. The molecule has 2 aromatic rings. The van der Waals surface area contributed by atoms with Gasteiger partial charge in [-0.25, -0.2) is 17.9 Å². The molecule has 0 aliphatic carbocycles. The van der Waals surface area contributed by atoms with E-state index in [-0.39, 0.29) is 22.9 Å². The summed E-state index contributed by atoms with van der Waals surface area (Å²) in [5.41, 5.74) is 6.00. The molecular weight excluding hydrogens is 386 g/mol. The molecule has 0 fully saturated rings. The van der Waals surface area contributed by atoms with E-state index in [1.54, 1.807) is 0 Å². The van der Waals surface area contributed by atoms with E-state index in [9.17, 15) is 18.0 Å². The van der Waals surface area contributed by atoms with Gasteiger partial charge in [-0.15, -0.1) is 0 Å². The first-order valence-electron chi connectivity index (χ1n) is 8.00. The van der Waals surface area contributed by atoms with Gasteiger partial charge in [0, 0.05) is 11.1 Å². The lowest BCUT2D eigenvalue weighted by Gasteiger charge is -2.08. The molecule has 0 atom stereocenters. The van der Waals surface area contributed by atoms with E-state index in [0.717, 1.165) is 0 Å². The standard InChI is InChI=1S/C18H19N3O6S/c1-26-17(23)11-27-14-6-2-12(3-7-14)16(22)10-21-28(24,25)15-8-4-13(5-9-15)18(19)20/h2-9,21H,10-11H2,1H3,(H3,19,20). The van der Waals surface area contributed by atoms with Crippen molar-refractivity contribution in [1.82, 2.24) is 4.72 Å². The largest absolute Gasteiger partial charge is 0.482 e. The number of carbonyl (C=O) groups excluding carboxylic acids is 2. The highest BCUT2D eigenvalue weighted by Crippen LogP contribution is 2.14. The van der Waals surface area contributed by atoms with E-state index in [1.807, 2.05) is 0 Å². The maximum Gasteiger partial charge on any atom is 0.343 e. The lowest BCUT2D eigenvalue weighted by atomic mass is 10.1. The quantitative estimate of drug-likeness (QED) is 0.240. The summed E-state index contributed by atoms with van der Waals surface area (Å²) in [6, 6.07) is 11.3. The van der Waals surface area contributed by atoms with E-state index >= 15 is 0 Å². The van der Waals surface area contributed by atoms with Crippen molar-refractivity contribution in [3.63, 3.8) is 0 Å². The number of nitrogen functional groups attached to an aromatic ring is 1. The number of ketones is 1. The molecule has 0 unspecified atom stereocenters. The Kier molecular flexibility index (Phi) is 6.85. The van der Waals surface area contributed by atoms with Crippen LogP contribution in [0.5, 0.6) is 5.75 Å². The molecule has 10 heteroatoms. The van der Waals surface area contributed by atoms with Crippen molar-refractivity contribution in [2.45, 2.75) is 4.90 Å². The Morgan fingerprint density at radius 1 is 1.04 bits per heavy atom. The van der Waals surface area contributed by atoms with Crippen LogP contribution >= 0.6 is 0 Å². The van der Waals surface area contributed by atoms with Crippen LogP contribution in [0.4, 0.5) is 0 Å². The molecule has 0 saturated carbocycles. The Balaban J connectivity index is 1.96. The van der Waals surface area contributed by atoms with E-state index in [2.05, 4.69) is 9.46 Å². The Bertz CT molecular complexity index is 969. The lowest BCUT2D eigenvalue weighted by Crippen LogP contribution is -2.29. The number of hydrogen-bond donors (Lipinski definition) is 3. The molecular formula is C18H19N3O6S. The van der Waals surface area contributed by atoms with Gasteiger partial charge in [-0.1, -0.05) is 0 Å². The number of amidine groups is 1. The molecule has 0 amide bonds. The zero-order valence-electron chi connectivity index (χ0n) is 15.0. The second kappa shape index (κ2) is 9.11. The topological polar surface area (TPSA) is 149 Å². The lowest BCUT2D eigenvalue weighted by molar-refractivity contribution is -0.142. The minimum Gasteiger partial charge on any atom is -0.482 e. The third-order valence-electron chi connectivity index (χ3n) is 3.66. The van der Waals surface area contributed by atoms with Crippen molar-refractivity contribution >= 4 is 27.6 Å². The van der Waals surface area contributed by atoms with Gasteiger partial charge in [0.15, 0.2) is 12.4 Å². The number of benzene rings is 2. The van der Waals surface area contributed by atoms with Crippen LogP contribution in [-0.4, -0.2) is 46.3 Å². The molecule has 0 aromatic heterocycles. The van der Waals surface area contributed by atoms with Crippen LogP contribution in [0.1, 0.15) is 15.9 Å². The number of nitrogens with two attached hydrogens (primary N) is 1. The first-order chi connectivity index (χ1) is 13.2. The van der Waals surface area contributed by atoms with Crippen LogP contribution in [-0.2, 0) is 19.6 Å². The number of ether oxygens (including phenoxy) is 2. The third kappa shape index (κ3) is 5.63. The van der Waals surface area contributed by atoms with Gasteiger partial charge >= 0.3 is 5.97 Å². The van der Waals surface area contributed by atoms with Gasteiger partial charge < -0.3 is 15.2 Å². The van der Waals surface area contributed by atoms with Crippen molar-refractivity contribution in [3.8, 4) is 5.75 Å².